The average Bonchev–Trinajstić information content (AvgIpc) is 2.34. The second-order valence-corrected chi connectivity index (χ2v) is 8.91. The first-order valence-corrected chi connectivity index (χ1v) is 9.86. The van der Waals surface area contributed by atoms with Crippen LogP contribution in [0.1, 0.15) is 48.5 Å². The van der Waals surface area contributed by atoms with Crippen molar-refractivity contribution < 1.29 is 13.2 Å². The number of benzene rings is 1. The van der Waals surface area contributed by atoms with Crippen molar-refractivity contribution in [3.05, 3.63) is 27.7 Å². The smallest absolute Gasteiger partial charge is 0.261 e. The summed E-state index contributed by atoms with van der Waals surface area (Å²) in [6, 6.07) is 3.03. The molecule has 0 heterocycles. The van der Waals surface area contributed by atoms with E-state index >= 15 is 0 Å². The molecule has 1 aromatic rings. The maximum Gasteiger partial charge on any atom is 0.261 e. The summed E-state index contributed by atoms with van der Waals surface area (Å²) in [5.41, 5.74) is 0.561. The van der Waals surface area contributed by atoms with E-state index in [0.717, 1.165) is 25.7 Å². The lowest BCUT2D eigenvalue weighted by Crippen LogP contribution is -2.53. The van der Waals surface area contributed by atoms with Gasteiger partial charge in [0.15, 0.2) is 0 Å². The maximum absolute atomic E-state index is 12.5. The molecule has 1 aliphatic rings. The Morgan fingerprint density at radius 1 is 1.43 bits per heavy atom. The van der Waals surface area contributed by atoms with Gasteiger partial charge in [-0.2, -0.15) is 0 Å². The molecular formula is C14H17BrClNO3S. The highest BCUT2D eigenvalue weighted by Gasteiger charge is 2.37. The summed E-state index contributed by atoms with van der Waals surface area (Å²) in [5.74, 6) is -0.253. The van der Waals surface area contributed by atoms with Crippen LogP contribution in [0.2, 0.25) is 0 Å². The van der Waals surface area contributed by atoms with E-state index in [1.165, 1.54) is 6.07 Å². The molecule has 0 aliphatic heterocycles. The summed E-state index contributed by atoms with van der Waals surface area (Å²) in [4.78, 5) is 12.5. The number of hydrogen-bond donors (Lipinski definition) is 1. The minimum absolute atomic E-state index is 0.0390. The number of carbonyl (C=O) groups excluding carboxylic acids is 1. The van der Waals surface area contributed by atoms with Gasteiger partial charge in [0.1, 0.15) is 0 Å². The molecule has 4 nitrogen and oxygen atoms in total. The predicted octanol–water partition coefficient (Wildman–Crippen LogP) is 3.75. The first kappa shape index (κ1) is 16.8. The SMILES string of the molecule is CCC1(NC(=O)c2cc(Br)cc(S(=O)(=O)Cl)c2C)CCC1. The van der Waals surface area contributed by atoms with Gasteiger partial charge in [-0.25, -0.2) is 8.42 Å². The molecule has 0 atom stereocenters. The zero-order chi connectivity index (χ0) is 15.8. The minimum Gasteiger partial charge on any atom is -0.347 e. The van der Waals surface area contributed by atoms with E-state index in [4.69, 9.17) is 10.7 Å². The Balaban J connectivity index is 2.40. The van der Waals surface area contributed by atoms with Crippen molar-refractivity contribution in [1.29, 1.82) is 0 Å². The average molecular weight is 395 g/mol. The van der Waals surface area contributed by atoms with Crippen LogP contribution in [0.25, 0.3) is 0 Å². The number of carbonyl (C=O) groups is 1. The molecule has 1 N–H and O–H groups in total. The third kappa shape index (κ3) is 3.43. The highest BCUT2D eigenvalue weighted by molar-refractivity contribution is 9.10. The molecule has 1 aliphatic carbocycles. The molecule has 1 fully saturated rings. The molecule has 0 aromatic heterocycles. The van der Waals surface area contributed by atoms with E-state index in [1.807, 2.05) is 6.92 Å². The zero-order valence-electron chi connectivity index (χ0n) is 11.9. The Bertz CT molecular complexity index is 678. The van der Waals surface area contributed by atoms with Gasteiger partial charge in [-0.15, -0.1) is 0 Å². The monoisotopic (exact) mass is 393 g/mol. The number of rotatable bonds is 4. The molecule has 1 aromatic carbocycles. The molecule has 0 unspecified atom stereocenters. The molecule has 0 spiro atoms. The largest absolute Gasteiger partial charge is 0.347 e. The molecule has 0 radical (unpaired) electrons. The Morgan fingerprint density at radius 2 is 2.05 bits per heavy atom. The second kappa shape index (κ2) is 5.89. The lowest BCUT2D eigenvalue weighted by atomic mass is 9.74. The summed E-state index contributed by atoms with van der Waals surface area (Å²) < 4.78 is 23.7. The summed E-state index contributed by atoms with van der Waals surface area (Å²) >= 11 is 3.23. The van der Waals surface area contributed by atoms with E-state index in [1.54, 1.807) is 13.0 Å². The zero-order valence-corrected chi connectivity index (χ0v) is 15.0. The Morgan fingerprint density at radius 3 is 2.48 bits per heavy atom. The van der Waals surface area contributed by atoms with Gasteiger partial charge in [-0.05, 0) is 50.3 Å². The first-order chi connectivity index (χ1) is 9.68. The topological polar surface area (TPSA) is 63.2 Å². The van der Waals surface area contributed by atoms with Crippen LogP contribution >= 0.6 is 26.6 Å². The molecule has 116 valence electrons. The Labute approximate surface area is 137 Å². The van der Waals surface area contributed by atoms with Crippen LogP contribution in [-0.2, 0) is 9.05 Å². The standard InChI is InChI=1S/C14H17BrClNO3S/c1-3-14(5-4-6-14)17-13(18)11-7-10(15)8-12(9(11)2)21(16,19)20/h7-8H,3-6H2,1-2H3,(H,17,18). The van der Waals surface area contributed by atoms with Gasteiger partial charge in [0, 0.05) is 26.3 Å². The van der Waals surface area contributed by atoms with Crippen LogP contribution in [0.4, 0.5) is 0 Å². The Hall–Kier alpha value is -0.590. The summed E-state index contributed by atoms with van der Waals surface area (Å²) in [5, 5.41) is 3.04. The number of halogens is 2. The van der Waals surface area contributed by atoms with E-state index in [0.29, 0.717) is 15.6 Å². The fourth-order valence-corrected chi connectivity index (χ4v) is 4.46. The van der Waals surface area contributed by atoms with Crippen LogP contribution in [0.3, 0.4) is 0 Å². The van der Waals surface area contributed by atoms with Crippen molar-refractivity contribution in [2.45, 2.75) is 50.0 Å². The predicted molar refractivity (Wildman–Crippen MR) is 86.3 cm³/mol. The van der Waals surface area contributed by atoms with Crippen LogP contribution in [0.15, 0.2) is 21.5 Å². The normalized spacial score (nSPS) is 17.1. The number of amides is 1. The lowest BCUT2D eigenvalue weighted by molar-refractivity contribution is 0.0819. The molecule has 2 rings (SSSR count). The summed E-state index contributed by atoms with van der Waals surface area (Å²) in [6.45, 7) is 3.64. The Kier molecular flexibility index (Phi) is 4.71. The van der Waals surface area contributed by atoms with Crippen LogP contribution in [0.5, 0.6) is 0 Å². The van der Waals surface area contributed by atoms with E-state index in [-0.39, 0.29) is 16.3 Å². The molecule has 1 amide bonds. The number of nitrogens with one attached hydrogen (secondary N) is 1. The third-order valence-electron chi connectivity index (χ3n) is 4.20. The highest BCUT2D eigenvalue weighted by atomic mass is 79.9. The summed E-state index contributed by atoms with van der Waals surface area (Å²) in [6.07, 6.45) is 3.89. The molecule has 0 saturated heterocycles. The van der Waals surface area contributed by atoms with Gasteiger partial charge in [-0.1, -0.05) is 22.9 Å². The molecule has 7 heteroatoms. The maximum atomic E-state index is 12.5. The quantitative estimate of drug-likeness (QED) is 0.791. The minimum atomic E-state index is -3.89. The van der Waals surface area contributed by atoms with E-state index in [2.05, 4.69) is 21.2 Å². The van der Waals surface area contributed by atoms with Gasteiger partial charge in [0.25, 0.3) is 15.0 Å². The molecule has 21 heavy (non-hydrogen) atoms. The summed E-state index contributed by atoms with van der Waals surface area (Å²) in [7, 11) is 1.54. The molecule has 0 bridgehead atoms. The van der Waals surface area contributed by atoms with Crippen molar-refractivity contribution in [3.63, 3.8) is 0 Å². The first-order valence-electron chi connectivity index (χ1n) is 6.76. The van der Waals surface area contributed by atoms with E-state index in [9.17, 15) is 13.2 Å². The van der Waals surface area contributed by atoms with Gasteiger partial charge >= 0.3 is 0 Å². The highest BCUT2D eigenvalue weighted by Crippen LogP contribution is 2.35. The van der Waals surface area contributed by atoms with Gasteiger partial charge in [-0.3, -0.25) is 4.79 Å². The van der Waals surface area contributed by atoms with E-state index < -0.39 is 9.05 Å². The van der Waals surface area contributed by atoms with Gasteiger partial charge < -0.3 is 5.32 Å². The van der Waals surface area contributed by atoms with Crippen molar-refractivity contribution in [2.75, 3.05) is 0 Å². The lowest BCUT2D eigenvalue weighted by Gasteiger charge is -2.42. The van der Waals surface area contributed by atoms with Crippen LogP contribution in [-0.4, -0.2) is 19.9 Å². The van der Waals surface area contributed by atoms with Crippen molar-refractivity contribution in [3.8, 4) is 0 Å². The molecular weight excluding hydrogens is 378 g/mol. The second-order valence-electron chi connectivity index (χ2n) is 5.46. The van der Waals surface area contributed by atoms with Crippen molar-refractivity contribution >= 4 is 41.6 Å². The van der Waals surface area contributed by atoms with Gasteiger partial charge in [0.2, 0.25) is 0 Å². The van der Waals surface area contributed by atoms with Crippen molar-refractivity contribution in [1.82, 2.24) is 5.32 Å². The fourth-order valence-electron chi connectivity index (χ4n) is 2.62. The number of hydrogen-bond acceptors (Lipinski definition) is 3. The third-order valence-corrected chi connectivity index (χ3v) is 6.10. The molecule has 1 saturated carbocycles. The van der Waals surface area contributed by atoms with Crippen molar-refractivity contribution in [2.24, 2.45) is 0 Å². The van der Waals surface area contributed by atoms with Crippen LogP contribution in [0, 0.1) is 6.92 Å². The van der Waals surface area contributed by atoms with Gasteiger partial charge in [0.05, 0.1) is 4.90 Å². The fraction of sp³-hybridized carbons (Fsp3) is 0.500. The van der Waals surface area contributed by atoms with Crippen LogP contribution < -0.4 is 5.32 Å².